The molecule has 0 radical (unpaired) electrons. The van der Waals surface area contributed by atoms with Crippen molar-refractivity contribution in [3.05, 3.63) is 64.1 Å². The lowest BCUT2D eigenvalue weighted by atomic mass is 10.1. The van der Waals surface area contributed by atoms with E-state index in [0.29, 0.717) is 10.6 Å². The second-order valence-corrected chi connectivity index (χ2v) is 5.80. The minimum Gasteiger partial charge on any atom is -0.358 e. The van der Waals surface area contributed by atoms with Crippen LogP contribution in [0, 0.1) is 24.4 Å². The van der Waals surface area contributed by atoms with E-state index in [1.54, 1.807) is 25.1 Å². The number of amides is 1. The van der Waals surface area contributed by atoms with E-state index < -0.39 is 29.0 Å². The Bertz CT molecular complexity index is 953. The number of hydrogen-bond acceptors (Lipinski definition) is 1. The quantitative estimate of drug-likeness (QED) is 0.658. The Morgan fingerprint density at radius 2 is 1.92 bits per heavy atom. The maximum Gasteiger partial charge on any atom is 0.228 e. The monoisotopic (exact) mass is 352 g/mol. The van der Waals surface area contributed by atoms with Gasteiger partial charge in [0.05, 0.1) is 12.1 Å². The Morgan fingerprint density at radius 1 is 1.17 bits per heavy atom. The number of halogens is 4. The third-order valence-electron chi connectivity index (χ3n) is 3.73. The summed E-state index contributed by atoms with van der Waals surface area (Å²) in [7, 11) is 0. The lowest BCUT2D eigenvalue weighted by Crippen LogP contribution is -2.16. The number of fused-ring (bicyclic) bond motifs is 1. The first-order chi connectivity index (χ1) is 11.4. The van der Waals surface area contributed by atoms with Crippen LogP contribution in [0.3, 0.4) is 0 Å². The molecule has 1 heterocycles. The van der Waals surface area contributed by atoms with Crippen LogP contribution in [-0.2, 0) is 11.2 Å². The highest BCUT2D eigenvalue weighted by Gasteiger charge is 2.17. The fourth-order valence-corrected chi connectivity index (χ4v) is 2.73. The Labute approximate surface area is 140 Å². The molecule has 0 unspecified atom stereocenters. The van der Waals surface area contributed by atoms with Gasteiger partial charge in [0.2, 0.25) is 5.91 Å². The van der Waals surface area contributed by atoms with E-state index in [9.17, 15) is 18.0 Å². The second kappa shape index (κ2) is 6.20. The van der Waals surface area contributed by atoms with Gasteiger partial charge in [-0.2, -0.15) is 0 Å². The van der Waals surface area contributed by atoms with Crippen LogP contribution >= 0.6 is 11.6 Å². The van der Waals surface area contributed by atoms with Gasteiger partial charge in [0.1, 0.15) is 0 Å². The number of benzene rings is 2. The van der Waals surface area contributed by atoms with Gasteiger partial charge in [0.15, 0.2) is 17.5 Å². The second-order valence-electron chi connectivity index (χ2n) is 5.37. The van der Waals surface area contributed by atoms with Crippen LogP contribution in [0.25, 0.3) is 10.9 Å². The summed E-state index contributed by atoms with van der Waals surface area (Å²) in [5, 5.41) is 3.56. The average Bonchev–Trinajstić information content (AvgIpc) is 2.83. The van der Waals surface area contributed by atoms with E-state index in [1.165, 1.54) is 0 Å². The number of rotatable bonds is 3. The maximum atomic E-state index is 13.6. The molecule has 7 heteroatoms. The zero-order valence-corrected chi connectivity index (χ0v) is 13.3. The van der Waals surface area contributed by atoms with Crippen LogP contribution in [0.15, 0.2) is 30.3 Å². The smallest absolute Gasteiger partial charge is 0.228 e. The Kier molecular flexibility index (Phi) is 4.24. The first-order valence-corrected chi connectivity index (χ1v) is 7.44. The fraction of sp³-hybridized carbons (Fsp3) is 0.118. The standard InChI is InChI=1S/C17H12ClF3N2O/c1-8-10(11-6-9(18)2-4-13(11)22-8)7-15(24)23-14-5-3-12(19)16(20)17(14)21/h2-6,22H,7H2,1H3,(H,23,24). The van der Waals surface area contributed by atoms with Crippen molar-refractivity contribution in [3.63, 3.8) is 0 Å². The largest absolute Gasteiger partial charge is 0.358 e. The molecule has 2 aromatic carbocycles. The molecule has 124 valence electrons. The molecule has 0 bridgehead atoms. The van der Waals surface area contributed by atoms with Gasteiger partial charge in [-0.05, 0) is 42.8 Å². The van der Waals surface area contributed by atoms with Gasteiger partial charge >= 0.3 is 0 Å². The summed E-state index contributed by atoms with van der Waals surface area (Å²) in [6.07, 6.45) is -0.0649. The summed E-state index contributed by atoms with van der Waals surface area (Å²) >= 11 is 5.98. The fourth-order valence-electron chi connectivity index (χ4n) is 2.56. The van der Waals surface area contributed by atoms with Crippen LogP contribution in [-0.4, -0.2) is 10.9 Å². The van der Waals surface area contributed by atoms with Crippen molar-refractivity contribution in [2.75, 3.05) is 5.32 Å². The highest BCUT2D eigenvalue weighted by molar-refractivity contribution is 6.31. The van der Waals surface area contributed by atoms with Crippen molar-refractivity contribution in [2.24, 2.45) is 0 Å². The molecule has 0 aliphatic heterocycles. The predicted molar refractivity (Wildman–Crippen MR) is 86.7 cm³/mol. The molecule has 0 aliphatic rings. The van der Waals surface area contributed by atoms with Crippen LogP contribution in [0.2, 0.25) is 5.02 Å². The van der Waals surface area contributed by atoms with Crippen molar-refractivity contribution in [1.82, 2.24) is 4.98 Å². The van der Waals surface area contributed by atoms with Gasteiger partial charge in [0, 0.05) is 21.6 Å². The summed E-state index contributed by atoms with van der Waals surface area (Å²) in [5.74, 6) is -4.92. The highest BCUT2D eigenvalue weighted by Crippen LogP contribution is 2.26. The van der Waals surface area contributed by atoms with Crippen molar-refractivity contribution in [2.45, 2.75) is 13.3 Å². The van der Waals surface area contributed by atoms with Gasteiger partial charge in [0.25, 0.3) is 0 Å². The molecule has 3 nitrogen and oxygen atoms in total. The minimum absolute atomic E-state index is 0.0649. The predicted octanol–water partition coefficient (Wildman–Crippen LogP) is 4.73. The third kappa shape index (κ3) is 2.97. The number of aryl methyl sites for hydroxylation is 1. The normalized spacial score (nSPS) is 11.0. The molecule has 1 amide bonds. The van der Waals surface area contributed by atoms with Crippen molar-refractivity contribution in [3.8, 4) is 0 Å². The molecule has 0 fully saturated rings. The van der Waals surface area contributed by atoms with E-state index in [2.05, 4.69) is 10.3 Å². The molecule has 2 N–H and O–H groups in total. The van der Waals surface area contributed by atoms with E-state index in [0.717, 1.165) is 28.7 Å². The zero-order chi connectivity index (χ0) is 17.4. The summed E-state index contributed by atoms with van der Waals surface area (Å²) in [6, 6.07) is 6.97. The Morgan fingerprint density at radius 3 is 2.67 bits per heavy atom. The van der Waals surface area contributed by atoms with Gasteiger partial charge in [-0.15, -0.1) is 0 Å². The molecule has 0 saturated carbocycles. The number of H-pyrrole nitrogens is 1. The number of anilines is 1. The summed E-state index contributed by atoms with van der Waals surface area (Å²) in [4.78, 5) is 15.3. The number of aromatic nitrogens is 1. The molecule has 0 spiro atoms. The molecular formula is C17H12ClF3N2O. The van der Waals surface area contributed by atoms with Crippen LogP contribution in [0.5, 0.6) is 0 Å². The Balaban J connectivity index is 1.87. The van der Waals surface area contributed by atoms with E-state index in [-0.39, 0.29) is 6.42 Å². The van der Waals surface area contributed by atoms with Gasteiger partial charge < -0.3 is 10.3 Å². The van der Waals surface area contributed by atoms with Gasteiger partial charge in [-0.3, -0.25) is 4.79 Å². The highest BCUT2D eigenvalue weighted by atomic mass is 35.5. The number of carbonyl (C=O) groups is 1. The minimum atomic E-state index is -1.62. The van der Waals surface area contributed by atoms with Crippen LogP contribution in [0.1, 0.15) is 11.3 Å². The number of hydrogen-bond donors (Lipinski definition) is 2. The lowest BCUT2D eigenvalue weighted by molar-refractivity contribution is -0.115. The molecule has 0 saturated heterocycles. The summed E-state index contributed by atoms with van der Waals surface area (Å²) in [6.45, 7) is 1.80. The van der Waals surface area contributed by atoms with Crippen molar-refractivity contribution >= 4 is 34.1 Å². The van der Waals surface area contributed by atoms with E-state index in [4.69, 9.17) is 11.6 Å². The molecule has 0 aliphatic carbocycles. The summed E-state index contributed by atoms with van der Waals surface area (Å²) < 4.78 is 39.8. The first kappa shape index (κ1) is 16.4. The van der Waals surface area contributed by atoms with Crippen molar-refractivity contribution in [1.29, 1.82) is 0 Å². The Hall–Kier alpha value is -2.47. The van der Waals surface area contributed by atoms with Crippen LogP contribution in [0.4, 0.5) is 18.9 Å². The lowest BCUT2D eigenvalue weighted by Gasteiger charge is -2.08. The molecular weight excluding hydrogens is 341 g/mol. The average molecular weight is 353 g/mol. The zero-order valence-electron chi connectivity index (χ0n) is 12.5. The number of aromatic amines is 1. The molecule has 24 heavy (non-hydrogen) atoms. The first-order valence-electron chi connectivity index (χ1n) is 7.07. The van der Waals surface area contributed by atoms with Gasteiger partial charge in [-0.1, -0.05) is 11.6 Å². The molecule has 1 aromatic heterocycles. The number of nitrogens with one attached hydrogen (secondary N) is 2. The van der Waals surface area contributed by atoms with Crippen molar-refractivity contribution < 1.29 is 18.0 Å². The summed E-state index contributed by atoms with van der Waals surface area (Å²) in [5.41, 5.74) is 1.88. The topological polar surface area (TPSA) is 44.9 Å². The molecule has 3 aromatic rings. The van der Waals surface area contributed by atoms with Gasteiger partial charge in [-0.25, -0.2) is 13.2 Å². The SMILES string of the molecule is Cc1[nH]c2ccc(Cl)cc2c1CC(=O)Nc1ccc(F)c(F)c1F. The number of carbonyl (C=O) groups excluding carboxylic acids is 1. The molecule has 0 atom stereocenters. The molecule has 3 rings (SSSR count). The van der Waals surface area contributed by atoms with E-state index in [1.807, 2.05) is 0 Å². The third-order valence-corrected chi connectivity index (χ3v) is 3.96. The van der Waals surface area contributed by atoms with Crippen LogP contribution < -0.4 is 5.32 Å². The van der Waals surface area contributed by atoms with E-state index >= 15 is 0 Å². The maximum absolute atomic E-state index is 13.6.